The van der Waals surface area contributed by atoms with Crippen molar-refractivity contribution < 1.29 is 12.9 Å². The number of hydrogen-bond donors (Lipinski definition) is 0. The van der Waals surface area contributed by atoms with Crippen molar-refractivity contribution in [3.8, 4) is 11.4 Å². The molecule has 0 amide bonds. The Morgan fingerprint density at radius 2 is 1.64 bits per heavy atom. The summed E-state index contributed by atoms with van der Waals surface area (Å²) in [5, 5.41) is 7.81. The number of sulfonamides is 1. The van der Waals surface area contributed by atoms with Crippen LogP contribution in [0.4, 0.5) is 0 Å². The van der Waals surface area contributed by atoms with Crippen molar-refractivity contribution >= 4 is 21.4 Å². The fraction of sp³-hybridized carbons (Fsp3) is 0.100. The summed E-state index contributed by atoms with van der Waals surface area (Å²) in [6, 6.07) is 19.7. The number of benzene rings is 2. The second kappa shape index (κ2) is 8.05. The van der Waals surface area contributed by atoms with E-state index in [4.69, 9.17) is 4.52 Å². The molecule has 0 aliphatic heterocycles. The van der Waals surface area contributed by atoms with Crippen molar-refractivity contribution in [2.45, 2.75) is 18.0 Å². The Morgan fingerprint density at radius 1 is 0.929 bits per heavy atom. The summed E-state index contributed by atoms with van der Waals surface area (Å²) in [5.74, 6) is 0.699. The molecule has 0 unspecified atom stereocenters. The lowest BCUT2D eigenvalue weighted by Gasteiger charge is -2.20. The van der Waals surface area contributed by atoms with Gasteiger partial charge in [0, 0.05) is 17.5 Å². The van der Waals surface area contributed by atoms with Crippen LogP contribution in [0.25, 0.3) is 11.4 Å². The van der Waals surface area contributed by atoms with E-state index in [1.54, 1.807) is 30.3 Å². The molecule has 8 heteroatoms. The van der Waals surface area contributed by atoms with Crippen molar-refractivity contribution in [3.63, 3.8) is 0 Å². The molecule has 0 fully saturated rings. The summed E-state index contributed by atoms with van der Waals surface area (Å²) < 4.78 is 33.1. The molecular formula is C20H17N3O3S2. The van der Waals surface area contributed by atoms with Gasteiger partial charge in [-0.15, -0.1) is 0 Å². The monoisotopic (exact) mass is 411 g/mol. The first-order valence-corrected chi connectivity index (χ1v) is 11.0. The average molecular weight is 412 g/mol. The van der Waals surface area contributed by atoms with Crippen LogP contribution in [0.5, 0.6) is 0 Å². The van der Waals surface area contributed by atoms with E-state index >= 15 is 0 Å². The third kappa shape index (κ3) is 4.04. The van der Waals surface area contributed by atoms with Gasteiger partial charge in [-0.05, 0) is 29.1 Å². The first-order chi connectivity index (χ1) is 13.6. The SMILES string of the molecule is O=S(=O)(c1ccccc1)N(Cc1ccccc1)Cc1nc(-c2ccsc2)no1. The molecule has 0 aliphatic rings. The molecule has 4 aromatic rings. The number of aromatic nitrogens is 2. The summed E-state index contributed by atoms with van der Waals surface area (Å²) in [7, 11) is -3.73. The van der Waals surface area contributed by atoms with Crippen LogP contribution in [0.3, 0.4) is 0 Å². The Balaban J connectivity index is 1.65. The maximum atomic E-state index is 13.2. The van der Waals surface area contributed by atoms with Crippen LogP contribution >= 0.6 is 11.3 Å². The second-order valence-electron chi connectivity index (χ2n) is 6.10. The van der Waals surface area contributed by atoms with Crippen molar-refractivity contribution in [1.82, 2.24) is 14.4 Å². The molecule has 0 atom stereocenters. The Bertz CT molecular complexity index is 1130. The van der Waals surface area contributed by atoms with Crippen LogP contribution < -0.4 is 0 Å². The lowest BCUT2D eigenvalue weighted by Crippen LogP contribution is -2.30. The zero-order chi connectivity index (χ0) is 19.4. The van der Waals surface area contributed by atoms with E-state index in [0.29, 0.717) is 5.82 Å². The van der Waals surface area contributed by atoms with Gasteiger partial charge in [0.2, 0.25) is 21.7 Å². The fourth-order valence-corrected chi connectivity index (χ4v) is 4.77. The molecule has 0 spiro atoms. The minimum atomic E-state index is -3.73. The van der Waals surface area contributed by atoms with Crippen LogP contribution in [-0.2, 0) is 23.1 Å². The summed E-state index contributed by atoms with van der Waals surface area (Å²) in [4.78, 5) is 4.59. The maximum Gasteiger partial charge on any atom is 0.243 e. The summed E-state index contributed by atoms with van der Waals surface area (Å²) in [6.45, 7) is 0.192. The van der Waals surface area contributed by atoms with Gasteiger partial charge in [0.1, 0.15) is 0 Å². The van der Waals surface area contributed by atoms with Gasteiger partial charge in [0.25, 0.3) is 0 Å². The standard InChI is InChI=1S/C20H17N3O3S2/c24-28(25,18-9-5-2-6-10-18)23(13-16-7-3-1-4-8-16)14-19-21-20(22-26-19)17-11-12-27-15-17/h1-12,15H,13-14H2. The summed E-state index contributed by atoms with van der Waals surface area (Å²) >= 11 is 1.53. The van der Waals surface area contributed by atoms with Gasteiger partial charge in [-0.25, -0.2) is 8.42 Å². The van der Waals surface area contributed by atoms with E-state index in [0.717, 1.165) is 11.1 Å². The predicted octanol–water partition coefficient (Wildman–Crippen LogP) is 4.19. The summed E-state index contributed by atoms with van der Waals surface area (Å²) in [5.41, 5.74) is 1.72. The third-order valence-corrected chi connectivity index (χ3v) is 6.63. The van der Waals surface area contributed by atoms with Crippen LogP contribution in [0, 0.1) is 0 Å². The Kier molecular flexibility index (Phi) is 5.34. The number of rotatable bonds is 7. The summed E-state index contributed by atoms with van der Waals surface area (Å²) in [6.07, 6.45) is 0. The van der Waals surface area contributed by atoms with Crippen LogP contribution in [-0.4, -0.2) is 22.9 Å². The Labute approximate surface area is 167 Å². The number of hydrogen-bond acceptors (Lipinski definition) is 6. The molecule has 28 heavy (non-hydrogen) atoms. The van der Waals surface area contributed by atoms with E-state index in [2.05, 4.69) is 10.1 Å². The first-order valence-electron chi connectivity index (χ1n) is 8.57. The molecular weight excluding hydrogens is 394 g/mol. The number of thiophene rings is 1. The fourth-order valence-electron chi connectivity index (χ4n) is 2.73. The highest BCUT2D eigenvalue weighted by atomic mass is 32.2. The van der Waals surface area contributed by atoms with Gasteiger partial charge in [0.15, 0.2) is 0 Å². The van der Waals surface area contributed by atoms with E-state index in [1.165, 1.54) is 15.6 Å². The predicted molar refractivity (Wildman–Crippen MR) is 107 cm³/mol. The topological polar surface area (TPSA) is 76.3 Å². The van der Waals surface area contributed by atoms with Gasteiger partial charge < -0.3 is 4.52 Å². The molecule has 2 heterocycles. The van der Waals surface area contributed by atoms with Crippen molar-refractivity contribution in [3.05, 3.63) is 88.9 Å². The van der Waals surface area contributed by atoms with E-state index in [1.807, 2.05) is 47.2 Å². The molecule has 0 saturated carbocycles. The van der Waals surface area contributed by atoms with Crippen molar-refractivity contribution in [2.75, 3.05) is 0 Å². The Hall–Kier alpha value is -2.81. The van der Waals surface area contributed by atoms with E-state index in [-0.39, 0.29) is 23.9 Å². The largest absolute Gasteiger partial charge is 0.338 e. The molecule has 2 aromatic carbocycles. The van der Waals surface area contributed by atoms with Crippen molar-refractivity contribution in [1.29, 1.82) is 0 Å². The smallest absolute Gasteiger partial charge is 0.243 e. The quantitative estimate of drug-likeness (QED) is 0.456. The molecule has 142 valence electrons. The highest BCUT2D eigenvalue weighted by molar-refractivity contribution is 7.89. The zero-order valence-electron chi connectivity index (χ0n) is 14.8. The van der Waals surface area contributed by atoms with Gasteiger partial charge >= 0.3 is 0 Å². The van der Waals surface area contributed by atoms with Gasteiger partial charge in [-0.1, -0.05) is 53.7 Å². The van der Waals surface area contributed by atoms with E-state index < -0.39 is 10.0 Å². The van der Waals surface area contributed by atoms with Gasteiger partial charge in [-0.2, -0.15) is 20.6 Å². The highest BCUT2D eigenvalue weighted by Crippen LogP contribution is 2.23. The van der Waals surface area contributed by atoms with Crippen LogP contribution in [0.2, 0.25) is 0 Å². The molecule has 0 bridgehead atoms. The van der Waals surface area contributed by atoms with Crippen LogP contribution in [0.1, 0.15) is 11.5 Å². The maximum absolute atomic E-state index is 13.2. The molecule has 4 rings (SSSR count). The molecule has 2 aromatic heterocycles. The van der Waals surface area contributed by atoms with E-state index in [9.17, 15) is 8.42 Å². The zero-order valence-corrected chi connectivity index (χ0v) is 16.4. The Morgan fingerprint density at radius 3 is 2.32 bits per heavy atom. The lowest BCUT2D eigenvalue weighted by molar-refractivity contribution is 0.312. The molecule has 0 aliphatic carbocycles. The minimum Gasteiger partial charge on any atom is -0.338 e. The van der Waals surface area contributed by atoms with Crippen LogP contribution in [0.15, 0.2) is 86.9 Å². The third-order valence-electron chi connectivity index (χ3n) is 4.14. The normalized spacial score (nSPS) is 11.8. The minimum absolute atomic E-state index is 0.0107. The molecule has 6 nitrogen and oxygen atoms in total. The number of nitrogens with zero attached hydrogens (tertiary/aromatic N) is 3. The van der Waals surface area contributed by atoms with Gasteiger partial charge in [-0.3, -0.25) is 0 Å². The molecule has 0 saturated heterocycles. The van der Waals surface area contributed by atoms with Gasteiger partial charge in [0.05, 0.1) is 11.4 Å². The highest BCUT2D eigenvalue weighted by Gasteiger charge is 2.27. The van der Waals surface area contributed by atoms with Crippen molar-refractivity contribution in [2.24, 2.45) is 0 Å². The first kappa shape index (κ1) is 18.5. The average Bonchev–Trinajstić information content (AvgIpc) is 3.41. The second-order valence-corrected chi connectivity index (χ2v) is 8.81. The molecule has 0 radical (unpaired) electrons. The lowest BCUT2D eigenvalue weighted by atomic mass is 10.2. The molecule has 0 N–H and O–H groups in total.